The molecule has 0 fully saturated rings. The Bertz CT molecular complexity index is 636. The number of hydrogen-bond donors (Lipinski definition) is 2. The lowest BCUT2D eigenvalue weighted by atomic mass is 10.2. The summed E-state index contributed by atoms with van der Waals surface area (Å²) in [6.45, 7) is 0. The van der Waals surface area contributed by atoms with E-state index < -0.39 is 0 Å². The second kappa shape index (κ2) is 5.25. The van der Waals surface area contributed by atoms with Gasteiger partial charge in [0.15, 0.2) is 5.82 Å². The molecule has 0 unspecified atom stereocenters. The number of pyridine rings is 1. The molecule has 90 valence electrons. The average molecular weight is 324 g/mol. The third-order valence-electron chi connectivity index (χ3n) is 2.29. The molecule has 0 saturated carbocycles. The lowest BCUT2D eigenvalue weighted by molar-refractivity contribution is 1.30. The Morgan fingerprint density at radius 2 is 2.17 bits per heavy atom. The fraction of sp³-hybridized carbons (Fsp3) is 0. The van der Waals surface area contributed by atoms with Gasteiger partial charge >= 0.3 is 0 Å². The highest BCUT2D eigenvalue weighted by Gasteiger charge is 2.08. The topological polar surface area (TPSA) is 74.7 Å². The van der Waals surface area contributed by atoms with Crippen LogP contribution in [0.5, 0.6) is 0 Å². The van der Waals surface area contributed by atoms with Crippen molar-refractivity contribution in [1.82, 2.24) is 4.98 Å². The van der Waals surface area contributed by atoms with Crippen LogP contribution in [0.2, 0.25) is 5.02 Å². The molecule has 4 nitrogen and oxygen atoms in total. The molecule has 0 aliphatic rings. The smallest absolute Gasteiger partial charge is 0.154 e. The van der Waals surface area contributed by atoms with Gasteiger partial charge in [0, 0.05) is 10.7 Å². The van der Waals surface area contributed by atoms with Crippen LogP contribution in [0.3, 0.4) is 0 Å². The van der Waals surface area contributed by atoms with E-state index in [-0.39, 0.29) is 0 Å². The van der Waals surface area contributed by atoms with Gasteiger partial charge in [0.25, 0.3) is 0 Å². The summed E-state index contributed by atoms with van der Waals surface area (Å²) in [5.74, 6) is 0.415. The van der Waals surface area contributed by atoms with Crippen LogP contribution >= 0.6 is 27.5 Å². The molecule has 0 radical (unpaired) electrons. The summed E-state index contributed by atoms with van der Waals surface area (Å²) in [6.07, 6.45) is 1.52. The largest absolute Gasteiger partial charge is 0.395 e. The minimum Gasteiger partial charge on any atom is -0.395 e. The number of benzene rings is 1. The van der Waals surface area contributed by atoms with E-state index in [2.05, 4.69) is 26.2 Å². The first-order chi connectivity index (χ1) is 8.61. The lowest BCUT2D eigenvalue weighted by Crippen LogP contribution is -2.01. The molecule has 6 heteroatoms. The minimum atomic E-state index is 0.305. The van der Waals surface area contributed by atoms with Crippen LogP contribution in [-0.4, -0.2) is 4.98 Å². The highest BCUT2D eigenvalue weighted by atomic mass is 79.9. The average Bonchev–Trinajstić information content (AvgIpc) is 2.35. The summed E-state index contributed by atoms with van der Waals surface area (Å²) in [5.41, 5.74) is 7.18. The maximum absolute atomic E-state index is 8.88. The van der Waals surface area contributed by atoms with E-state index in [1.165, 1.54) is 6.20 Å². The van der Waals surface area contributed by atoms with Gasteiger partial charge in [-0.3, -0.25) is 0 Å². The Morgan fingerprint density at radius 3 is 2.83 bits per heavy atom. The van der Waals surface area contributed by atoms with E-state index >= 15 is 0 Å². The zero-order valence-corrected chi connectivity index (χ0v) is 11.5. The number of hydrogen-bond acceptors (Lipinski definition) is 4. The van der Waals surface area contributed by atoms with Crippen molar-refractivity contribution in [2.45, 2.75) is 0 Å². The molecule has 0 aliphatic carbocycles. The van der Waals surface area contributed by atoms with Crippen molar-refractivity contribution in [3.63, 3.8) is 0 Å². The van der Waals surface area contributed by atoms with E-state index in [0.717, 1.165) is 4.47 Å². The van der Waals surface area contributed by atoms with E-state index in [4.69, 9.17) is 22.6 Å². The van der Waals surface area contributed by atoms with Crippen molar-refractivity contribution < 1.29 is 0 Å². The highest BCUT2D eigenvalue weighted by Crippen LogP contribution is 2.30. The van der Waals surface area contributed by atoms with Gasteiger partial charge in [-0.15, -0.1) is 0 Å². The fourth-order valence-electron chi connectivity index (χ4n) is 1.39. The van der Waals surface area contributed by atoms with Crippen LogP contribution in [0.25, 0.3) is 0 Å². The van der Waals surface area contributed by atoms with Crippen LogP contribution < -0.4 is 11.1 Å². The molecular weight excluding hydrogens is 316 g/mol. The Morgan fingerprint density at radius 1 is 1.39 bits per heavy atom. The zero-order valence-electron chi connectivity index (χ0n) is 9.11. The van der Waals surface area contributed by atoms with E-state index in [1.54, 1.807) is 18.2 Å². The molecule has 1 aromatic carbocycles. The van der Waals surface area contributed by atoms with Crippen molar-refractivity contribution in [3.8, 4) is 6.07 Å². The Balaban J connectivity index is 2.38. The lowest BCUT2D eigenvalue weighted by Gasteiger charge is -2.10. The molecule has 1 heterocycles. The Kier molecular flexibility index (Phi) is 3.70. The second-order valence-electron chi connectivity index (χ2n) is 3.48. The molecule has 0 saturated heterocycles. The SMILES string of the molecule is N#Cc1ccnc(Nc2ccc(Br)cc2Cl)c1N. The predicted molar refractivity (Wildman–Crippen MR) is 75.8 cm³/mol. The van der Waals surface area contributed by atoms with Crippen LogP contribution in [-0.2, 0) is 0 Å². The first-order valence-electron chi connectivity index (χ1n) is 4.98. The summed E-state index contributed by atoms with van der Waals surface area (Å²) in [7, 11) is 0. The molecule has 0 atom stereocenters. The Hall–Kier alpha value is -1.77. The number of nitrogens with one attached hydrogen (secondary N) is 1. The number of anilines is 3. The van der Waals surface area contributed by atoms with Crippen LogP contribution in [0, 0.1) is 11.3 Å². The van der Waals surface area contributed by atoms with Crippen molar-refractivity contribution in [2.75, 3.05) is 11.1 Å². The first kappa shape index (κ1) is 12.7. The maximum atomic E-state index is 8.88. The predicted octanol–water partition coefficient (Wildman–Crippen LogP) is 3.69. The monoisotopic (exact) mass is 322 g/mol. The van der Waals surface area contributed by atoms with Gasteiger partial charge in [-0.05, 0) is 24.3 Å². The summed E-state index contributed by atoms with van der Waals surface area (Å²) in [6, 6.07) is 8.96. The number of nitriles is 1. The van der Waals surface area contributed by atoms with Gasteiger partial charge in [0.05, 0.1) is 22.0 Å². The molecular formula is C12H8BrClN4. The van der Waals surface area contributed by atoms with Gasteiger partial charge in [-0.2, -0.15) is 5.26 Å². The van der Waals surface area contributed by atoms with Gasteiger partial charge in [-0.1, -0.05) is 27.5 Å². The molecule has 0 spiro atoms. The molecule has 0 bridgehead atoms. The van der Waals surface area contributed by atoms with Crippen LogP contribution in [0.1, 0.15) is 5.56 Å². The summed E-state index contributed by atoms with van der Waals surface area (Å²) < 4.78 is 0.879. The van der Waals surface area contributed by atoms with Crippen molar-refractivity contribution in [3.05, 3.63) is 45.5 Å². The zero-order chi connectivity index (χ0) is 13.1. The van der Waals surface area contributed by atoms with Crippen molar-refractivity contribution in [1.29, 1.82) is 5.26 Å². The summed E-state index contributed by atoms with van der Waals surface area (Å²) in [4.78, 5) is 4.09. The number of aromatic nitrogens is 1. The number of rotatable bonds is 2. The number of nitrogen functional groups attached to an aromatic ring is 1. The van der Waals surface area contributed by atoms with Gasteiger partial charge < -0.3 is 11.1 Å². The van der Waals surface area contributed by atoms with Crippen molar-refractivity contribution in [2.24, 2.45) is 0 Å². The summed E-state index contributed by atoms with van der Waals surface area (Å²) in [5, 5.41) is 12.4. The molecule has 2 aromatic rings. The number of nitrogens with two attached hydrogens (primary N) is 1. The quantitative estimate of drug-likeness (QED) is 0.883. The second-order valence-corrected chi connectivity index (χ2v) is 4.80. The maximum Gasteiger partial charge on any atom is 0.154 e. The first-order valence-corrected chi connectivity index (χ1v) is 6.15. The third kappa shape index (κ3) is 2.55. The highest BCUT2D eigenvalue weighted by molar-refractivity contribution is 9.10. The summed E-state index contributed by atoms with van der Waals surface area (Å²) >= 11 is 9.40. The van der Waals surface area contributed by atoms with E-state index in [1.807, 2.05) is 12.1 Å². The molecule has 0 amide bonds. The van der Waals surface area contributed by atoms with E-state index in [9.17, 15) is 0 Å². The number of nitrogens with zero attached hydrogens (tertiary/aromatic N) is 2. The van der Waals surface area contributed by atoms with Gasteiger partial charge in [-0.25, -0.2) is 4.98 Å². The molecule has 3 N–H and O–H groups in total. The van der Waals surface area contributed by atoms with Crippen LogP contribution in [0.4, 0.5) is 17.2 Å². The molecule has 0 aliphatic heterocycles. The van der Waals surface area contributed by atoms with E-state index in [0.29, 0.717) is 27.8 Å². The van der Waals surface area contributed by atoms with Crippen molar-refractivity contribution >= 4 is 44.7 Å². The van der Waals surface area contributed by atoms with Crippen LogP contribution in [0.15, 0.2) is 34.9 Å². The normalized spacial score (nSPS) is 9.83. The van der Waals surface area contributed by atoms with Gasteiger partial charge in [0.2, 0.25) is 0 Å². The minimum absolute atomic E-state index is 0.305. The third-order valence-corrected chi connectivity index (χ3v) is 3.10. The standard InChI is InChI=1S/C12H8BrClN4/c13-8-1-2-10(9(14)5-8)18-12-11(16)7(6-15)3-4-17-12/h1-5H,16H2,(H,17,18). The fourth-order valence-corrected chi connectivity index (χ4v) is 2.11. The molecule has 18 heavy (non-hydrogen) atoms. The Labute approximate surface area is 118 Å². The molecule has 1 aromatic heterocycles. The van der Waals surface area contributed by atoms with Gasteiger partial charge in [0.1, 0.15) is 6.07 Å². The molecule has 2 rings (SSSR count). The number of halogens is 2.